The van der Waals surface area contributed by atoms with Crippen molar-refractivity contribution in [1.29, 1.82) is 0 Å². The van der Waals surface area contributed by atoms with Gasteiger partial charge in [-0.25, -0.2) is 4.79 Å². The Hall–Kier alpha value is -0.970. The highest BCUT2D eigenvalue weighted by Gasteiger charge is 2.18. The number of benzene rings is 1. The van der Waals surface area contributed by atoms with Gasteiger partial charge in [0.1, 0.15) is 5.60 Å². The third-order valence-corrected chi connectivity index (χ3v) is 2.72. The average molecular weight is 306 g/mol. The molecule has 0 aliphatic carbocycles. The Labute approximate surface area is 122 Å². The fourth-order valence-electron chi connectivity index (χ4n) is 1.38. The zero-order valence-corrected chi connectivity index (χ0v) is 12.5. The van der Waals surface area contributed by atoms with Crippen LogP contribution in [0.3, 0.4) is 0 Å². The highest BCUT2D eigenvalue weighted by atomic mass is 35.5. The Morgan fingerprint density at radius 2 is 2.05 bits per heavy atom. The van der Waals surface area contributed by atoms with Crippen LogP contribution >= 0.6 is 23.2 Å². The summed E-state index contributed by atoms with van der Waals surface area (Å²) in [6, 6.07) is 4.78. The molecule has 19 heavy (non-hydrogen) atoms. The molecule has 1 atom stereocenters. The summed E-state index contributed by atoms with van der Waals surface area (Å²) in [5.74, 6) is 0. The van der Waals surface area contributed by atoms with E-state index in [1.807, 2.05) is 0 Å². The normalized spacial score (nSPS) is 12.9. The van der Waals surface area contributed by atoms with E-state index in [2.05, 4.69) is 5.32 Å². The Balaban J connectivity index is 2.56. The van der Waals surface area contributed by atoms with Crippen molar-refractivity contribution in [3.8, 4) is 0 Å². The molecule has 0 unspecified atom stereocenters. The Bertz CT molecular complexity index is 458. The maximum Gasteiger partial charge on any atom is 0.407 e. The first-order chi connectivity index (χ1) is 8.69. The number of halogens is 2. The van der Waals surface area contributed by atoms with Crippen LogP contribution in [0.2, 0.25) is 10.0 Å². The van der Waals surface area contributed by atoms with Gasteiger partial charge in [-0.05, 0) is 32.9 Å². The lowest BCUT2D eigenvalue weighted by molar-refractivity contribution is 0.0492. The first kappa shape index (κ1) is 16.1. The first-order valence-corrected chi connectivity index (χ1v) is 6.54. The molecule has 1 rings (SSSR count). The summed E-state index contributed by atoms with van der Waals surface area (Å²) in [6.07, 6.45) is -1.51. The van der Waals surface area contributed by atoms with Crippen molar-refractivity contribution in [2.45, 2.75) is 32.5 Å². The molecule has 0 aliphatic heterocycles. The standard InChI is InChI=1S/C13H17Cl2NO3/c1-13(2,3)19-12(18)16-7-11(17)9-5-4-8(14)6-10(9)15/h4-6,11,17H,7H2,1-3H3,(H,16,18)/t11-/m0/s1. The van der Waals surface area contributed by atoms with E-state index in [0.29, 0.717) is 15.6 Å². The molecule has 2 N–H and O–H groups in total. The fourth-order valence-corrected chi connectivity index (χ4v) is 1.91. The second kappa shape index (κ2) is 6.46. The number of carbonyl (C=O) groups is 1. The third kappa shape index (κ3) is 5.68. The van der Waals surface area contributed by atoms with Gasteiger partial charge in [0, 0.05) is 15.6 Å². The van der Waals surface area contributed by atoms with Gasteiger partial charge in [-0.3, -0.25) is 0 Å². The Morgan fingerprint density at radius 3 is 2.58 bits per heavy atom. The minimum absolute atomic E-state index is 0.0102. The number of alkyl carbamates (subject to hydrolysis) is 1. The second-order valence-electron chi connectivity index (χ2n) is 5.06. The van der Waals surface area contributed by atoms with E-state index >= 15 is 0 Å². The van der Waals surface area contributed by atoms with E-state index in [9.17, 15) is 9.90 Å². The van der Waals surface area contributed by atoms with Gasteiger partial charge >= 0.3 is 6.09 Å². The number of amides is 1. The molecular formula is C13H17Cl2NO3. The van der Waals surface area contributed by atoms with Crippen LogP contribution in [0.25, 0.3) is 0 Å². The SMILES string of the molecule is CC(C)(C)OC(=O)NC[C@H](O)c1ccc(Cl)cc1Cl. The summed E-state index contributed by atoms with van der Waals surface area (Å²) in [4.78, 5) is 11.4. The molecule has 0 spiro atoms. The van der Waals surface area contributed by atoms with Crippen LogP contribution in [-0.4, -0.2) is 23.3 Å². The van der Waals surface area contributed by atoms with Crippen LogP contribution < -0.4 is 5.32 Å². The maximum absolute atomic E-state index is 11.4. The summed E-state index contributed by atoms with van der Waals surface area (Å²) in [6.45, 7) is 5.30. The van der Waals surface area contributed by atoms with E-state index in [-0.39, 0.29) is 6.54 Å². The van der Waals surface area contributed by atoms with Crippen molar-refractivity contribution in [3.05, 3.63) is 33.8 Å². The lowest BCUT2D eigenvalue weighted by Crippen LogP contribution is -2.34. The highest BCUT2D eigenvalue weighted by Crippen LogP contribution is 2.25. The fraction of sp³-hybridized carbons (Fsp3) is 0.462. The van der Waals surface area contributed by atoms with Crippen LogP contribution in [0.1, 0.15) is 32.4 Å². The molecule has 0 heterocycles. The van der Waals surface area contributed by atoms with E-state index in [1.165, 1.54) is 6.07 Å². The van der Waals surface area contributed by atoms with Crippen molar-refractivity contribution in [1.82, 2.24) is 5.32 Å². The smallest absolute Gasteiger partial charge is 0.407 e. The third-order valence-electron chi connectivity index (χ3n) is 2.16. The number of carbonyl (C=O) groups excluding carboxylic acids is 1. The van der Waals surface area contributed by atoms with Gasteiger partial charge in [-0.1, -0.05) is 29.3 Å². The Kier molecular flexibility index (Phi) is 5.47. The van der Waals surface area contributed by atoms with Crippen LogP contribution in [0, 0.1) is 0 Å². The number of aliphatic hydroxyl groups is 1. The van der Waals surface area contributed by atoms with Crippen LogP contribution in [0.5, 0.6) is 0 Å². The Morgan fingerprint density at radius 1 is 1.42 bits per heavy atom. The molecule has 0 aromatic heterocycles. The van der Waals surface area contributed by atoms with Crippen molar-refractivity contribution < 1.29 is 14.6 Å². The predicted octanol–water partition coefficient (Wildman–Crippen LogP) is 3.55. The van der Waals surface area contributed by atoms with Crippen molar-refractivity contribution in [2.24, 2.45) is 0 Å². The summed E-state index contributed by atoms with van der Waals surface area (Å²) in [5, 5.41) is 13.3. The molecule has 1 aromatic rings. The van der Waals surface area contributed by atoms with Gasteiger partial charge in [0.05, 0.1) is 12.6 Å². The van der Waals surface area contributed by atoms with Gasteiger partial charge in [0.15, 0.2) is 0 Å². The van der Waals surface area contributed by atoms with Crippen LogP contribution in [0.15, 0.2) is 18.2 Å². The minimum Gasteiger partial charge on any atom is -0.444 e. The molecule has 0 bridgehead atoms. The molecule has 106 valence electrons. The number of ether oxygens (including phenoxy) is 1. The number of aliphatic hydroxyl groups excluding tert-OH is 1. The quantitative estimate of drug-likeness (QED) is 0.898. The van der Waals surface area contributed by atoms with E-state index in [0.717, 1.165) is 0 Å². The lowest BCUT2D eigenvalue weighted by Gasteiger charge is -2.20. The van der Waals surface area contributed by atoms with Gasteiger partial charge in [-0.2, -0.15) is 0 Å². The summed E-state index contributed by atoms with van der Waals surface area (Å²) >= 11 is 11.7. The molecule has 0 radical (unpaired) electrons. The van der Waals surface area contributed by atoms with Gasteiger partial charge in [0.2, 0.25) is 0 Å². The number of nitrogens with one attached hydrogen (secondary N) is 1. The van der Waals surface area contributed by atoms with E-state index < -0.39 is 17.8 Å². The van der Waals surface area contributed by atoms with Crippen LogP contribution in [0.4, 0.5) is 4.79 Å². The molecule has 4 nitrogen and oxygen atoms in total. The van der Waals surface area contributed by atoms with Crippen LogP contribution in [-0.2, 0) is 4.74 Å². The molecule has 1 amide bonds. The first-order valence-electron chi connectivity index (χ1n) is 5.79. The second-order valence-corrected chi connectivity index (χ2v) is 5.91. The van der Waals surface area contributed by atoms with E-state index in [4.69, 9.17) is 27.9 Å². The van der Waals surface area contributed by atoms with Crippen molar-refractivity contribution >= 4 is 29.3 Å². The number of hydrogen-bond acceptors (Lipinski definition) is 3. The summed E-state index contributed by atoms with van der Waals surface area (Å²) in [5.41, 5.74) is -0.0745. The summed E-state index contributed by atoms with van der Waals surface area (Å²) < 4.78 is 5.06. The predicted molar refractivity (Wildman–Crippen MR) is 75.7 cm³/mol. The highest BCUT2D eigenvalue weighted by molar-refractivity contribution is 6.35. The van der Waals surface area contributed by atoms with Crippen molar-refractivity contribution in [3.63, 3.8) is 0 Å². The van der Waals surface area contributed by atoms with Gasteiger partial charge < -0.3 is 15.2 Å². The lowest BCUT2D eigenvalue weighted by atomic mass is 10.1. The molecule has 1 aromatic carbocycles. The molecule has 0 fully saturated rings. The zero-order chi connectivity index (χ0) is 14.6. The van der Waals surface area contributed by atoms with Gasteiger partial charge in [0.25, 0.3) is 0 Å². The number of hydrogen-bond donors (Lipinski definition) is 2. The van der Waals surface area contributed by atoms with E-state index in [1.54, 1.807) is 32.9 Å². The molecule has 6 heteroatoms. The molecule has 0 saturated heterocycles. The maximum atomic E-state index is 11.4. The largest absolute Gasteiger partial charge is 0.444 e. The minimum atomic E-state index is -0.919. The molecular weight excluding hydrogens is 289 g/mol. The topological polar surface area (TPSA) is 58.6 Å². The summed E-state index contributed by atoms with van der Waals surface area (Å²) in [7, 11) is 0. The zero-order valence-electron chi connectivity index (χ0n) is 11.0. The monoisotopic (exact) mass is 305 g/mol. The number of rotatable bonds is 3. The average Bonchev–Trinajstić information content (AvgIpc) is 2.23. The van der Waals surface area contributed by atoms with Gasteiger partial charge in [-0.15, -0.1) is 0 Å². The molecule has 0 aliphatic rings. The van der Waals surface area contributed by atoms with Crippen molar-refractivity contribution in [2.75, 3.05) is 6.54 Å². The molecule has 0 saturated carbocycles.